The van der Waals surface area contributed by atoms with Crippen LogP contribution in [0.25, 0.3) is 11.4 Å². The van der Waals surface area contributed by atoms with E-state index < -0.39 is 0 Å². The molecule has 1 heterocycles. The van der Waals surface area contributed by atoms with Crippen molar-refractivity contribution in [2.24, 2.45) is 0 Å². The van der Waals surface area contributed by atoms with Crippen molar-refractivity contribution < 1.29 is 5.11 Å². The van der Waals surface area contributed by atoms with Crippen LogP contribution in [0.1, 0.15) is 11.4 Å². The molecule has 2 N–H and O–H groups in total. The summed E-state index contributed by atoms with van der Waals surface area (Å²) in [5.74, 6) is 0.972. The number of phenolic OH excluding ortho intramolecular Hbond substituents is 1. The van der Waals surface area contributed by atoms with Crippen LogP contribution in [0.4, 0.5) is 0 Å². The van der Waals surface area contributed by atoms with E-state index in [1.807, 2.05) is 26.0 Å². The Bertz CT molecular complexity index is 441. The Morgan fingerprint density at radius 3 is 2.50 bits per heavy atom. The summed E-state index contributed by atoms with van der Waals surface area (Å²) in [6.07, 6.45) is 0. The summed E-state index contributed by atoms with van der Waals surface area (Å²) in [5.41, 5.74) is 2.73. The molecule has 2 rings (SSSR count). The minimum Gasteiger partial charge on any atom is -0.507 e. The lowest BCUT2D eigenvalue weighted by Gasteiger charge is -1.99. The molecule has 3 heteroatoms. The lowest BCUT2D eigenvalue weighted by molar-refractivity contribution is 0.477. The van der Waals surface area contributed by atoms with Crippen LogP contribution in [0, 0.1) is 13.8 Å². The highest BCUT2D eigenvalue weighted by Gasteiger charge is 2.08. The molecule has 0 saturated heterocycles. The second-order valence-electron chi connectivity index (χ2n) is 3.31. The molecule has 72 valence electrons. The highest BCUT2D eigenvalue weighted by atomic mass is 16.3. The maximum absolute atomic E-state index is 9.60. The number of nitrogens with one attached hydrogen (secondary N) is 1. The third kappa shape index (κ3) is 1.37. The number of imidazole rings is 1. The largest absolute Gasteiger partial charge is 0.507 e. The molecule has 0 spiro atoms. The van der Waals surface area contributed by atoms with Crippen LogP contribution >= 0.6 is 0 Å². The van der Waals surface area contributed by atoms with Gasteiger partial charge in [0.05, 0.1) is 11.3 Å². The van der Waals surface area contributed by atoms with Gasteiger partial charge in [-0.3, -0.25) is 0 Å². The minimum absolute atomic E-state index is 0.251. The van der Waals surface area contributed by atoms with E-state index in [2.05, 4.69) is 9.97 Å². The molecule has 0 amide bonds. The molecule has 0 fully saturated rings. The molecule has 3 nitrogen and oxygen atoms in total. The molecule has 1 aromatic heterocycles. The van der Waals surface area contributed by atoms with Gasteiger partial charge in [0.1, 0.15) is 11.6 Å². The van der Waals surface area contributed by atoms with Crippen molar-refractivity contribution >= 4 is 0 Å². The van der Waals surface area contributed by atoms with Gasteiger partial charge in [0.15, 0.2) is 0 Å². The first-order valence-corrected chi connectivity index (χ1v) is 4.50. The maximum Gasteiger partial charge on any atom is 0.141 e. The highest BCUT2D eigenvalue weighted by molar-refractivity contribution is 5.63. The van der Waals surface area contributed by atoms with E-state index >= 15 is 0 Å². The van der Waals surface area contributed by atoms with E-state index in [-0.39, 0.29) is 5.75 Å². The number of nitrogens with zero attached hydrogens (tertiary/aromatic N) is 1. The summed E-state index contributed by atoms with van der Waals surface area (Å²) in [6, 6.07) is 7.17. The quantitative estimate of drug-likeness (QED) is 0.722. The standard InChI is InChI=1S/C11H12N2O/c1-7-8(2)13-11(12-7)9-5-3-4-6-10(9)14/h3-6,14H,1-2H3,(H,12,13). The van der Waals surface area contributed by atoms with E-state index in [1.54, 1.807) is 12.1 Å². The van der Waals surface area contributed by atoms with E-state index in [9.17, 15) is 5.11 Å². The average molecular weight is 188 g/mol. The second kappa shape index (κ2) is 3.18. The van der Waals surface area contributed by atoms with E-state index in [0.717, 1.165) is 22.8 Å². The molecular formula is C11H12N2O. The number of H-pyrrole nitrogens is 1. The number of aromatic nitrogens is 2. The second-order valence-corrected chi connectivity index (χ2v) is 3.31. The predicted octanol–water partition coefficient (Wildman–Crippen LogP) is 2.40. The Hall–Kier alpha value is -1.77. The third-order valence-corrected chi connectivity index (χ3v) is 2.29. The molecule has 14 heavy (non-hydrogen) atoms. The van der Waals surface area contributed by atoms with Crippen LogP contribution in [0.3, 0.4) is 0 Å². The van der Waals surface area contributed by atoms with E-state index in [0.29, 0.717) is 0 Å². The highest BCUT2D eigenvalue weighted by Crippen LogP contribution is 2.26. The first-order chi connectivity index (χ1) is 6.68. The van der Waals surface area contributed by atoms with Crippen molar-refractivity contribution in [1.29, 1.82) is 0 Å². The number of rotatable bonds is 1. The Morgan fingerprint density at radius 2 is 1.93 bits per heavy atom. The van der Waals surface area contributed by atoms with Crippen LogP contribution in [-0.2, 0) is 0 Å². The molecule has 0 aliphatic heterocycles. The number of hydrogen-bond donors (Lipinski definition) is 2. The van der Waals surface area contributed by atoms with Gasteiger partial charge in [-0.1, -0.05) is 12.1 Å². The Labute approximate surface area is 82.4 Å². The zero-order chi connectivity index (χ0) is 10.1. The lowest BCUT2D eigenvalue weighted by atomic mass is 10.2. The Morgan fingerprint density at radius 1 is 1.21 bits per heavy atom. The molecule has 2 aromatic rings. The molecule has 0 saturated carbocycles. The zero-order valence-corrected chi connectivity index (χ0v) is 8.20. The molecule has 0 aliphatic carbocycles. The number of para-hydroxylation sites is 1. The molecule has 0 radical (unpaired) electrons. The van der Waals surface area contributed by atoms with Crippen molar-refractivity contribution in [3.63, 3.8) is 0 Å². The summed E-state index contributed by atoms with van der Waals surface area (Å²) >= 11 is 0. The van der Waals surface area contributed by atoms with Crippen molar-refractivity contribution in [3.8, 4) is 17.1 Å². The van der Waals surface area contributed by atoms with Crippen molar-refractivity contribution in [3.05, 3.63) is 35.7 Å². The number of aryl methyl sites for hydroxylation is 2. The molecule has 0 atom stereocenters. The van der Waals surface area contributed by atoms with Crippen LogP contribution < -0.4 is 0 Å². The summed E-state index contributed by atoms with van der Waals surface area (Å²) in [7, 11) is 0. The molecule has 1 aromatic carbocycles. The van der Waals surface area contributed by atoms with Gasteiger partial charge in [0.25, 0.3) is 0 Å². The fraction of sp³-hybridized carbons (Fsp3) is 0.182. The summed E-state index contributed by atoms with van der Waals surface area (Å²) < 4.78 is 0. The molecule has 0 unspecified atom stereocenters. The SMILES string of the molecule is Cc1nc(-c2ccccc2O)[nH]c1C. The first kappa shape index (κ1) is 8.81. The van der Waals surface area contributed by atoms with Gasteiger partial charge in [-0.25, -0.2) is 4.98 Å². The van der Waals surface area contributed by atoms with Gasteiger partial charge in [-0.2, -0.15) is 0 Å². The monoisotopic (exact) mass is 188 g/mol. The van der Waals surface area contributed by atoms with Gasteiger partial charge < -0.3 is 10.1 Å². The summed E-state index contributed by atoms with van der Waals surface area (Å²) in [6.45, 7) is 3.90. The zero-order valence-electron chi connectivity index (χ0n) is 8.20. The normalized spacial score (nSPS) is 10.4. The van der Waals surface area contributed by atoms with Gasteiger partial charge >= 0.3 is 0 Å². The molecule has 0 bridgehead atoms. The average Bonchev–Trinajstić information content (AvgIpc) is 2.48. The Kier molecular flexibility index (Phi) is 2.00. The smallest absolute Gasteiger partial charge is 0.141 e. The van der Waals surface area contributed by atoms with Crippen molar-refractivity contribution in [2.75, 3.05) is 0 Å². The topological polar surface area (TPSA) is 48.9 Å². The maximum atomic E-state index is 9.60. The van der Waals surface area contributed by atoms with Gasteiger partial charge in [0.2, 0.25) is 0 Å². The van der Waals surface area contributed by atoms with Crippen LogP contribution in [-0.4, -0.2) is 15.1 Å². The minimum atomic E-state index is 0.251. The first-order valence-electron chi connectivity index (χ1n) is 4.50. The number of benzene rings is 1. The number of aromatic amines is 1. The summed E-state index contributed by atoms with van der Waals surface area (Å²) in [5, 5.41) is 9.60. The fourth-order valence-electron chi connectivity index (χ4n) is 1.35. The summed E-state index contributed by atoms with van der Waals surface area (Å²) in [4.78, 5) is 7.46. The molecule has 0 aliphatic rings. The van der Waals surface area contributed by atoms with E-state index in [1.165, 1.54) is 0 Å². The van der Waals surface area contributed by atoms with Crippen LogP contribution in [0.15, 0.2) is 24.3 Å². The number of phenols is 1. The Balaban J connectivity index is 2.55. The van der Waals surface area contributed by atoms with Crippen molar-refractivity contribution in [2.45, 2.75) is 13.8 Å². The van der Waals surface area contributed by atoms with Gasteiger partial charge in [-0.15, -0.1) is 0 Å². The van der Waals surface area contributed by atoms with Gasteiger partial charge in [-0.05, 0) is 26.0 Å². The van der Waals surface area contributed by atoms with Crippen LogP contribution in [0.2, 0.25) is 0 Å². The number of hydrogen-bond acceptors (Lipinski definition) is 2. The van der Waals surface area contributed by atoms with Crippen LogP contribution in [0.5, 0.6) is 5.75 Å². The van der Waals surface area contributed by atoms with Gasteiger partial charge in [0, 0.05) is 5.69 Å². The lowest BCUT2D eigenvalue weighted by Crippen LogP contribution is -1.81. The third-order valence-electron chi connectivity index (χ3n) is 2.29. The molecular weight excluding hydrogens is 176 g/mol. The fourth-order valence-corrected chi connectivity index (χ4v) is 1.35. The van der Waals surface area contributed by atoms with Crippen molar-refractivity contribution in [1.82, 2.24) is 9.97 Å². The predicted molar refractivity (Wildman–Crippen MR) is 55.2 cm³/mol. The van der Waals surface area contributed by atoms with E-state index in [4.69, 9.17) is 0 Å². The number of aromatic hydroxyl groups is 1.